The Hall–Kier alpha value is -4.42. The minimum absolute atomic E-state index is 0.0256. The average Bonchev–Trinajstić information content (AvgIpc) is 3.63. The maximum absolute atomic E-state index is 14.3. The van der Waals surface area contributed by atoms with E-state index in [1.807, 2.05) is 52.0 Å². The van der Waals surface area contributed by atoms with Crippen molar-refractivity contribution in [3.63, 3.8) is 0 Å². The fourth-order valence-electron chi connectivity index (χ4n) is 7.72. The van der Waals surface area contributed by atoms with Gasteiger partial charge in [0.1, 0.15) is 16.0 Å². The number of halogens is 1. The van der Waals surface area contributed by atoms with Crippen LogP contribution in [0.25, 0.3) is 33.3 Å². The number of ether oxygens (including phenoxy) is 2. The summed E-state index contributed by atoms with van der Waals surface area (Å²) >= 11 is 6.43. The van der Waals surface area contributed by atoms with Crippen molar-refractivity contribution in [2.75, 3.05) is 20.2 Å². The standard InChI is InChI=1S/C38H42ClN5O6S/c1-23-30(39)11-9-17-37(23,6)51(47,48)44-31-12-8-10-28(29(31)20-40-44)32-24(2)43(41-33(32)25-13-15-26(16-14-25)34(45)49-7)27-18-38(19-27)21-42(22-38)35(46)50-36(3,4)5/h8-16,20,27H,17-19,21-22H2,1-7H3. The first-order valence-corrected chi connectivity index (χ1v) is 18.8. The topological polar surface area (TPSA) is 126 Å². The predicted octanol–water partition coefficient (Wildman–Crippen LogP) is 7.64. The summed E-state index contributed by atoms with van der Waals surface area (Å²) in [6.07, 6.45) is 6.82. The van der Waals surface area contributed by atoms with E-state index in [0.29, 0.717) is 45.9 Å². The zero-order valence-corrected chi connectivity index (χ0v) is 31.4. The Morgan fingerprint density at radius 3 is 2.37 bits per heavy atom. The number of methoxy groups -OCH3 is 1. The molecule has 7 rings (SSSR count). The molecule has 3 aliphatic rings. The van der Waals surface area contributed by atoms with Gasteiger partial charge in [0.05, 0.1) is 30.4 Å². The van der Waals surface area contributed by atoms with E-state index in [1.165, 1.54) is 7.11 Å². The van der Waals surface area contributed by atoms with Crippen molar-refractivity contribution in [1.82, 2.24) is 23.9 Å². The van der Waals surface area contributed by atoms with Crippen LogP contribution < -0.4 is 0 Å². The van der Waals surface area contributed by atoms with Crippen LogP contribution in [0.4, 0.5) is 4.79 Å². The van der Waals surface area contributed by atoms with Crippen molar-refractivity contribution in [3.05, 3.63) is 82.7 Å². The van der Waals surface area contributed by atoms with E-state index >= 15 is 0 Å². The van der Waals surface area contributed by atoms with E-state index in [9.17, 15) is 18.0 Å². The Morgan fingerprint density at radius 2 is 1.73 bits per heavy atom. The zero-order chi connectivity index (χ0) is 36.7. The van der Waals surface area contributed by atoms with Crippen molar-refractivity contribution in [1.29, 1.82) is 0 Å². The molecule has 1 unspecified atom stereocenters. The Kier molecular flexibility index (Phi) is 8.29. The summed E-state index contributed by atoms with van der Waals surface area (Å²) in [5, 5.41) is 10.7. The van der Waals surface area contributed by atoms with Crippen LogP contribution in [0.2, 0.25) is 0 Å². The van der Waals surface area contributed by atoms with Gasteiger partial charge in [0.25, 0.3) is 10.0 Å². The highest BCUT2D eigenvalue weighted by molar-refractivity contribution is 7.91. The lowest BCUT2D eigenvalue weighted by Crippen LogP contribution is -2.64. The Labute approximate surface area is 302 Å². The molecule has 1 amide bonds. The first-order chi connectivity index (χ1) is 24.0. The number of carbonyl (C=O) groups is 2. The summed E-state index contributed by atoms with van der Waals surface area (Å²) in [5.41, 5.74) is 4.97. The molecule has 0 bridgehead atoms. The molecule has 4 aromatic rings. The van der Waals surface area contributed by atoms with E-state index in [1.54, 1.807) is 55.3 Å². The van der Waals surface area contributed by atoms with Gasteiger partial charge in [-0.25, -0.2) is 18.0 Å². The lowest BCUT2D eigenvalue weighted by molar-refractivity contribution is -0.0930. The van der Waals surface area contributed by atoms with E-state index < -0.39 is 26.3 Å². The molecule has 2 aliphatic carbocycles. The first kappa shape index (κ1) is 35.0. The lowest BCUT2D eigenvalue weighted by atomic mass is 9.61. The number of nitrogens with zero attached hydrogens (tertiary/aromatic N) is 5. The maximum atomic E-state index is 14.3. The van der Waals surface area contributed by atoms with Gasteiger partial charge >= 0.3 is 12.1 Å². The fraction of sp³-hybridized carbons (Fsp3) is 0.421. The smallest absolute Gasteiger partial charge is 0.410 e. The number of esters is 1. The third-order valence-electron chi connectivity index (χ3n) is 10.7. The molecule has 0 N–H and O–H groups in total. The SMILES string of the molecule is COC(=O)c1ccc(-c2nn(C3CC4(C3)CN(C(=O)OC(C)(C)C)C4)c(C)c2-c2cccc3c2cnn3S(=O)(=O)C2(C)CC=CC(Cl)=C2C)cc1. The predicted molar refractivity (Wildman–Crippen MR) is 196 cm³/mol. The monoisotopic (exact) mass is 731 g/mol. The van der Waals surface area contributed by atoms with Crippen molar-refractivity contribution in [2.45, 2.75) is 77.2 Å². The maximum Gasteiger partial charge on any atom is 0.410 e. The molecule has 1 spiro atoms. The summed E-state index contributed by atoms with van der Waals surface area (Å²) < 4.78 is 41.0. The van der Waals surface area contributed by atoms with Gasteiger partial charge < -0.3 is 14.4 Å². The highest BCUT2D eigenvalue weighted by atomic mass is 35.5. The second kappa shape index (κ2) is 12.1. The van der Waals surface area contributed by atoms with Crippen molar-refractivity contribution >= 4 is 44.6 Å². The minimum Gasteiger partial charge on any atom is -0.465 e. The molecule has 1 saturated heterocycles. The number of carbonyl (C=O) groups excluding carboxylic acids is 2. The van der Waals surface area contributed by atoms with Gasteiger partial charge in [0, 0.05) is 45.7 Å². The molecule has 1 atom stereocenters. The number of aromatic nitrogens is 4. The number of fused-ring (bicyclic) bond motifs is 1. The molecule has 2 aromatic heterocycles. The van der Waals surface area contributed by atoms with Gasteiger partial charge in [0.15, 0.2) is 0 Å². The molecule has 51 heavy (non-hydrogen) atoms. The molecule has 13 heteroatoms. The van der Waals surface area contributed by atoms with Gasteiger partial charge in [-0.1, -0.05) is 41.9 Å². The fourth-order valence-corrected chi connectivity index (χ4v) is 9.84. The number of hydrogen-bond acceptors (Lipinski definition) is 8. The summed E-state index contributed by atoms with van der Waals surface area (Å²) in [5.74, 6) is -0.434. The number of likely N-dealkylation sites (tertiary alicyclic amines) is 1. The quantitative estimate of drug-likeness (QED) is 0.185. The van der Waals surface area contributed by atoms with Crippen molar-refractivity contribution in [2.24, 2.45) is 5.41 Å². The molecular weight excluding hydrogens is 690 g/mol. The number of amides is 1. The van der Waals surface area contributed by atoms with Gasteiger partial charge in [0.2, 0.25) is 0 Å². The van der Waals surface area contributed by atoms with Gasteiger partial charge in [-0.05, 0) is 96.2 Å². The third kappa shape index (κ3) is 5.67. The van der Waals surface area contributed by atoms with E-state index in [-0.39, 0.29) is 24.0 Å². The summed E-state index contributed by atoms with van der Waals surface area (Å²) in [4.78, 5) is 26.6. The van der Waals surface area contributed by atoms with Crippen LogP contribution in [-0.2, 0) is 19.5 Å². The van der Waals surface area contributed by atoms with Crippen LogP contribution in [0, 0.1) is 12.3 Å². The normalized spacial score (nSPS) is 20.4. The Bertz CT molecular complexity index is 2250. The highest BCUT2D eigenvalue weighted by Gasteiger charge is 2.55. The highest BCUT2D eigenvalue weighted by Crippen LogP contribution is 2.55. The second-order valence-corrected chi connectivity index (χ2v) is 17.9. The molecular formula is C38H42ClN5O6S. The summed E-state index contributed by atoms with van der Waals surface area (Å²) in [6.45, 7) is 12.4. The second-order valence-electron chi connectivity index (χ2n) is 15.3. The van der Waals surface area contributed by atoms with Crippen LogP contribution in [0.5, 0.6) is 0 Å². The van der Waals surface area contributed by atoms with Gasteiger partial charge in [-0.15, -0.1) is 0 Å². The Balaban J connectivity index is 1.28. The average molecular weight is 732 g/mol. The number of benzene rings is 2. The molecule has 268 valence electrons. The Morgan fingerprint density at radius 1 is 1.04 bits per heavy atom. The number of rotatable bonds is 6. The van der Waals surface area contributed by atoms with Crippen LogP contribution >= 0.6 is 11.6 Å². The van der Waals surface area contributed by atoms with Crippen molar-refractivity contribution < 1.29 is 27.5 Å². The summed E-state index contributed by atoms with van der Waals surface area (Å²) in [7, 11) is -2.69. The molecule has 1 aliphatic heterocycles. The van der Waals surface area contributed by atoms with Gasteiger partial charge in [-0.2, -0.15) is 14.3 Å². The first-order valence-electron chi connectivity index (χ1n) is 17.0. The van der Waals surface area contributed by atoms with Crippen molar-refractivity contribution in [3.8, 4) is 22.4 Å². The molecule has 2 fully saturated rings. The van der Waals surface area contributed by atoms with E-state index in [0.717, 1.165) is 39.3 Å². The molecule has 3 heterocycles. The lowest BCUT2D eigenvalue weighted by Gasteiger charge is -2.58. The minimum atomic E-state index is -4.04. The molecule has 1 saturated carbocycles. The van der Waals surface area contributed by atoms with Crippen LogP contribution in [-0.4, -0.2) is 74.9 Å². The molecule has 11 nitrogen and oxygen atoms in total. The third-order valence-corrected chi connectivity index (χ3v) is 13.5. The van der Waals surface area contributed by atoms with E-state index in [4.69, 9.17) is 26.2 Å². The van der Waals surface area contributed by atoms with Gasteiger partial charge in [-0.3, -0.25) is 4.68 Å². The molecule has 0 radical (unpaired) electrons. The summed E-state index contributed by atoms with van der Waals surface area (Å²) in [6, 6.07) is 12.8. The van der Waals surface area contributed by atoms with Crippen LogP contribution in [0.15, 0.2) is 71.4 Å². The zero-order valence-electron chi connectivity index (χ0n) is 29.9. The van der Waals surface area contributed by atoms with Crippen LogP contribution in [0.1, 0.15) is 76.0 Å². The molecule has 2 aromatic carbocycles. The van der Waals surface area contributed by atoms with E-state index in [2.05, 4.69) is 9.78 Å². The number of hydrogen-bond donors (Lipinski definition) is 0. The van der Waals surface area contributed by atoms with Crippen LogP contribution in [0.3, 0.4) is 0 Å². The number of allylic oxidation sites excluding steroid dienone is 3. The largest absolute Gasteiger partial charge is 0.465 e.